The zero-order valence-electron chi connectivity index (χ0n) is 18.3. The van der Waals surface area contributed by atoms with Crippen molar-refractivity contribution in [2.45, 2.75) is 12.8 Å². The van der Waals surface area contributed by atoms with E-state index in [0.29, 0.717) is 28.8 Å². The van der Waals surface area contributed by atoms with Crippen LogP contribution in [0.4, 0.5) is 16.2 Å². The lowest BCUT2D eigenvalue weighted by Crippen LogP contribution is -2.26. The van der Waals surface area contributed by atoms with Crippen LogP contribution >= 0.6 is 11.6 Å². The number of hydrogen-bond acceptors (Lipinski definition) is 5. The molecule has 1 heterocycles. The summed E-state index contributed by atoms with van der Waals surface area (Å²) in [6, 6.07) is 12.0. The van der Waals surface area contributed by atoms with Gasteiger partial charge in [-0.15, -0.1) is 0 Å². The van der Waals surface area contributed by atoms with E-state index in [1.54, 1.807) is 49.5 Å². The molecular formula is C24H30ClN5O2. The van der Waals surface area contributed by atoms with Crippen LogP contribution in [0.2, 0.25) is 5.02 Å². The molecule has 1 aliphatic rings. The quantitative estimate of drug-likeness (QED) is 0.287. The summed E-state index contributed by atoms with van der Waals surface area (Å²) in [7, 11) is 1.75. The molecule has 4 N–H and O–H groups in total. The van der Waals surface area contributed by atoms with Crippen molar-refractivity contribution in [3.63, 3.8) is 0 Å². The van der Waals surface area contributed by atoms with Crippen LogP contribution in [0.25, 0.3) is 5.70 Å². The Morgan fingerprint density at radius 3 is 2.50 bits per heavy atom. The molecule has 0 aromatic heterocycles. The van der Waals surface area contributed by atoms with Gasteiger partial charge in [0.2, 0.25) is 0 Å². The number of ether oxygens (including phenoxy) is 1. The molecule has 170 valence electrons. The monoisotopic (exact) mass is 455 g/mol. The zero-order chi connectivity index (χ0) is 22.9. The number of urea groups is 1. The summed E-state index contributed by atoms with van der Waals surface area (Å²) in [5.41, 5.74) is 2.73. The minimum absolute atomic E-state index is 0.365. The molecule has 0 atom stereocenters. The predicted octanol–water partition coefficient (Wildman–Crippen LogP) is 4.79. The second kappa shape index (κ2) is 11.6. The minimum Gasteiger partial charge on any atom is -0.492 e. The number of nitrogens with two attached hydrogens (primary N) is 1. The lowest BCUT2D eigenvalue weighted by atomic mass is 10.1. The van der Waals surface area contributed by atoms with E-state index in [2.05, 4.69) is 22.1 Å². The number of carbonyl (C=O) groups is 1. The van der Waals surface area contributed by atoms with Gasteiger partial charge in [0.1, 0.15) is 12.4 Å². The summed E-state index contributed by atoms with van der Waals surface area (Å²) < 4.78 is 6.10. The summed E-state index contributed by atoms with van der Waals surface area (Å²) in [6.07, 6.45) is 5.96. The van der Waals surface area contributed by atoms with Gasteiger partial charge in [0.05, 0.1) is 5.70 Å². The lowest BCUT2D eigenvalue weighted by Gasteiger charge is -2.22. The Hall–Kier alpha value is -3.00. The van der Waals surface area contributed by atoms with Crippen molar-refractivity contribution in [2.24, 2.45) is 5.84 Å². The molecule has 1 saturated heterocycles. The van der Waals surface area contributed by atoms with Crippen LogP contribution < -0.4 is 21.2 Å². The van der Waals surface area contributed by atoms with Crippen molar-refractivity contribution >= 4 is 34.7 Å². The second-order valence-corrected chi connectivity index (χ2v) is 8.03. The Morgan fingerprint density at radius 2 is 1.84 bits per heavy atom. The molecule has 1 aliphatic heterocycles. The fourth-order valence-electron chi connectivity index (χ4n) is 3.56. The van der Waals surface area contributed by atoms with E-state index in [4.69, 9.17) is 22.2 Å². The van der Waals surface area contributed by atoms with Gasteiger partial charge in [-0.1, -0.05) is 24.3 Å². The average molecular weight is 456 g/mol. The molecule has 0 aliphatic carbocycles. The number of halogens is 1. The highest BCUT2D eigenvalue weighted by Crippen LogP contribution is 2.30. The van der Waals surface area contributed by atoms with E-state index in [1.165, 1.54) is 17.9 Å². The summed E-state index contributed by atoms with van der Waals surface area (Å²) in [5, 5.41) is 7.74. The van der Waals surface area contributed by atoms with Crippen molar-refractivity contribution in [3.05, 3.63) is 71.8 Å². The van der Waals surface area contributed by atoms with Crippen LogP contribution in [0, 0.1) is 0 Å². The van der Waals surface area contributed by atoms with Crippen molar-refractivity contribution in [3.8, 4) is 5.75 Å². The van der Waals surface area contributed by atoms with E-state index in [-0.39, 0.29) is 6.03 Å². The normalized spacial score (nSPS) is 14.2. The first-order valence-electron chi connectivity index (χ1n) is 10.6. The molecular weight excluding hydrogens is 426 g/mol. The van der Waals surface area contributed by atoms with Crippen LogP contribution in [-0.2, 0) is 0 Å². The van der Waals surface area contributed by atoms with E-state index < -0.39 is 0 Å². The number of allylic oxidation sites excluding steroid dienone is 2. The maximum atomic E-state index is 12.5. The van der Waals surface area contributed by atoms with E-state index in [1.807, 2.05) is 12.1 Å². The van der Waals surface area contributed by atoms with Crippen LogP contribution in [0.3, 0.4) is 0 Å². The third-order valence-corrected chi connectivity index (χ3v) is 5.39. The molecule has 0 saturated carbocycles. The summed E-state index contributed by atoms with van der Waals surface area (Å²) in [5.74, 6) is 6.75. The summed E-state index contributed by atoms with van der Waals surface area (Å²) in [6.45, 7) is 7.47. The number of hydrazine groups is 1. The molecule has 0 bridgehead atoms. The van der Waals surface area contributed by atoms with Crippen LogP contribution in [-0.4, -0.2) is 49.2 Å². The molecule has 0 unspecified atom stereocenters. The number of carbonyl (C=O) groups excluding carboxylic acids is 1. The first-order valence-corrected chi connectivity index (χ1v) is 11.0. The smallest absolute Gasteiger partial charge is 0.323 e. The number of nitrogens with one attached hydrogen (secondary N) is 2. The Balaban J connectivity index is 1.75. The summed E-state index contributed by atoms with van der Waals surface area (Å²) in [4.78, 5) is 14.8. The van der Waals surface area contributed by atoms with Gasteiger partial charge in [-0.25, -0.2) is 10.6 Å². The van der Waals surface area contributed by atoms with Gasteiger partial charge in [-0.3, -0.25) is 4.90 Å². The van der Waals surface area contributed by atoms with Crippen molar-refractivity contribution < 1.29 is 9.53 Å². The molecule has 2 aromatic carbocycles. The van der Waals surface area contributed by atoms with Gasteiger partial charge in [-0.2, -0.15) is 0 Å². The number of hydrogen-bond donors (Lipinski definition) is 3. The number of benzene rings is 2. The third-order valence-electron chi connectivity index (χ3n) is 5.13. The molecule has 1 fully saturated rings. The molecule has 32 heavy (non-hydrogen) atoms. The van der Waals surface area contributed by atoms with Crippen molar-refractivity contribution in [1.29, 1.82) is 0 Å². The number of anilines is 2. The van der Waals surface area contributed by atoms with Crippen LogP contribution in [0.5, 0.6) is 5.75 Å². The minimum atomic E-state index is -0.365. The van der Waals surface area contributed by atoms with E-state index in [0.717, 1.165) is 30.9 Å². The maximum Gasteiger partial charge on any atom is 0.323 e. The standard InChI is InChI=1S/C24H30ClN5O2/c1-3-6-22(29(2)26)21-17-20(28-24(31)27-19-9-7-18(25)8-10-19)11-12-23(21)32-16-15-30-13-4-5-14-30/h3,6-12,17H,1,4-5,13-16,26H2,2H3,(H2,27,28,31)/b22-6-. The Kier molecular flexibility index (Phi) is 8.56. The molecule has 2 aromatic rings. The number of nitrogens with zero attached hydrogens (tertiary/aromatic N) is 2. The van der Waals surface area contributed by atoms with Gasteiger partial charge in [-0.05, 0) is 74.5 Å². The molecule has 0 radical (unpaired) electrons. The highest BCUT2D eigenvalue weighted by atomic mass is 35.5. The Bertz CT molecular complexity index is 953. The van der Waals surface area contributed by atoms with Gasteiger partial charge in [0.25, 0.3) is 0 Å². The average Bonchev–Trinajstić information content (AvgIpc) is 3.28. The first-order chi connectivity index (χ1) is 15.5. The fourth-order valence-corrected chi connectivity index (χ4v) is 3.69. The van der Waals surface area contributed by atoms with Crippen LogP contribution in [0.1, 0.15) is 18.4 Å². The number of rotatable bonds is 9. The number of amides is 2. The van der Waals surface area contributed by atoms with Crippen molar-refractivity contribution in [2.75, 3.05) is 43.9 Å². The SMILES string of the molecule is C=C/C=C(/c1cc(NC(=O)Nc2ccc(Cl)cc2)ccc1OCCN1CCCC1)N(C)N. The molecule has 3 rings (SSSR count). The van der Waals surface area contributed by atoms with E-state index in [9.17, 15) is 4.79 Å². The van der Waals surface area contributed by atoms with Crippen molar-refractivity contribution in [1.82, 2.24) is 9.91 Å². The second-order valence-electron chi connectivity index (χ2n) is 7.59. The Labute approximate surface area is 194 Å². The highest BCUT2D eigenvalue weighted by molar-refractivity contribution is 6.30. The first kappa shape index (κ1) is 23.7. The van der Waals surface area contributed by atoms with Crippen LogP contribution in [0.15, 0.2) is 61.2 Å². The largest absolute Gasteiger partial charge is 0.492 e. The van der Waals surface area contributed by atoms with Gasteiger partial charge >= 0.3 is 6.03 Å². The fraction of sp³-hybridized carbons (Fsp3) is 0.292. The maximum absolute atomic E-state index is 12.5. The zero-order valence-corrected chi connectivity index (χ0v) is 19.1. The Morgan fingerprint density at radius 1 is 1.19 bits per heavy atom. The van der Waals surface area contributed by atoms with E-state index >= 15 is 0 Å². The highest BCUT2D eigenvalue weighted by Gasteiger charge is 2.15. The molecule has 7 nitrogen and oxygen atoms in total. The summed E-state index contributed by atoms with van der Waals surface area (Å²) >= 11 is 5.89. The van der Waals surface area contributed by atoms with Gasteiger partial charge < -0.3 is 20.4 Å². The third kappa shape index (κ3) is 6.75. The van der Waals surface area contributed by atoms with Gasteiger partial charge in [0.15, 0.2) is 0 Å². The molecule has 2 amide bonds. The predicted molar refractivity (Wildman–Crippen MR) is 132 cm³/mol. The topological polar surface area (TPSA) is 82.9 Å². The lowest BCUT2D eigenvalue weighted by molar-refractivity contribution is 0.237. The van der Waals surface area contributed by atoms with Gasteiger partial charge in [0, 0.05) is 35.6 Å². The molecule has 0 spiro atoms. The molecule has 8 heteroatoms. The number of likely N-dealkylation sites (tertiary alicyclic amines) is 1.